The van der Waals surface area contributed by atoms with E-state index in [9.17, 15) is 4.79 Å². The van der Waals surface area contributed by atoms with E-state index in [1.165, 1.54) is 11.1 Å². The molecule has 1 aliphatic heterocycles. The molecule has 38 heavy (non-hydrogen) atoms. The van der Waals surface area contributed by atoms with Crippen molar-refractivity contribution in [3.05, 3.63) is 102 Å². The van der Waals surface area contributed by atoms with Gasteiger partial charge in [-0.25, -0.2) is 0 Å². The molecule has 5 nitrogen and oxygen atoms in total. The van der Waals surface area contributed by atoms with Gasteiger partial charge in [-0.15, -0.1) is 0 Å². The number of hydrogen-bond donors (Lipinski definition) is 1. The number of benzene rings is 3. The highest BCUT2D eigenvalue weighted by molar-refractivity contribution is 5.77. The Hall–Kier alpha value is -3.15. The number of carbonyl (C=O) groups excluding carboxylic acids is 1. The summed E-state index contributed by atoms with van der Waals surface area (Å²) in [4.78, 5) is 13.1. The Balaban J connectivity index is 1.34. The molecule has 202 valence electrons. The van der Waals surface area contributed by atoms with Crippen molar-refractivity contribution in [3.63, 3.8) is 0 Å². The van der Waals surface area contributed by atoms with Crippen LogP contribution in [0, 0.1) is 5.92 Å². The largest absolute Gasteiger partial charge is 0.493 e. The first-order chi connectivity index (χ1) is 18.4. The molecule has 0 radical (unpaired) electrons. The molecule has 5 heteroatoms. The van der Waals surface area contributed by atoms with Crippen molar-refractivity contribution in [1.82, 2.24) is 5.32 Å². The van der Waals surface area contributed by atoms with E-state index in [1.807, 2.05) is 63.2 Å². The average Bonchev–Trinajstić information content (AvgIpc) is 3.33. The van der Waals surface area contributed by atoms with Crippen LogP contribution in [-0.4, -0.2) is 30.4 Å². The van der Waals surface area contributed by atoms with Gasteiger partial charge in [0, 0.05) is 5.92 Å². The highest BCUT2D eigenvalue weighted by Gasteiger charge is 2.41. The molecule has 3 atom stereocenters. The van der Waals surface area contributed by atoms with E-state index in [-0.39, 0.29) is 18.1 Å². The van der Waals surface area contributed by atoms with Gasteiger partial charge in [0.15, 0.2) is 0 Å². The predicted octanol–water partition coefficient (Wildman–Crippen LogP) is 6.49. The Labute approximate surface area is 227 Å². The number of nitrogens with one attached hydrogen (secondary N) is 1. The lowest BCUT2D eigenvalue weighted by Crippen LogP contribution is -2.44. The van der Waals surface area contributed by atoms with Gasteiger partial charge in [-0.3, -0.25) is 10.1 Å². The first-order valence-corrected chi connectivity index (χ1v) is 13.8. The summed E-state index contributed by atoms with van der Waals surface area (Å²) in [5.41, 5.74) is 3.13. The minimum atomic E-state index is -0.556. The van der Waals surface area contributed by atoms with Crippen molar-refractivity contribution in [2.75, 3.05) is 6.61 Å². The third kappa shape index (κ3) is 8.71. The van der Waals surface area contributed by atoms with E-state index >= 15 is 0 Å². The van der Waals surface area contributed by atoms with Gasteiger partial charge in [0.1, 0.15) is 23.6 Å². The summed E-state index contributed by atoms with van der Waals surface area (Å²) >= 11 is 0. The summed E-state index contributed by atoms with van der Waals surface area (Å²) in [6.07, 6.45) is 4.71. The summed E-state index contributed by atoms with van der Waals surface area (Å²) in [5, 5.41) is 3.37. The number of ether oxygens (including phenoxy) is 3. The fourth-order valence-corrected chi connectivity index (χ4v) is 4.83. The van der Waals surface area contributed by atoms with Gasteiger partial charge >= 0.3 is 5.97 Å². The Kier molecular flexibility index (Phi) is 9.97. The summed E-state index contributed by atoms with van der Waals surface area (Å²) in [7, 11) is 0. The average molecular weight is 516 g/mol. The number of hydrogen-bond acceptors (Lipinski definition) is 5. The Morgan fingerprint density at radius 1 is 0.842 bits per heavy atom. The molecular weight excluding hydrogens is 474 g/mol. The molecule has 0 spiro atoms. The second-order valence-corrected chi connectivity index (χ2v) is 11.1. The number of carbonyl (C=O) groups is 1. The lowest BCUT2D eigenvalue weighted by molar-refractivity contribution is -0.158. The Bertz CT molecular complexity index is 1130. The van der Waals surface area contributed by atoms with Crippen molar-refractivity contribution < 1.29 is 19.0 Å². The van der Waals surface area contributed by atoms with Crippen LogP contribution in [0.5, 0.6) is 5.75 Å². The molecule has 1 saturated heterocycles. The highest BCUT2D eigenvalue weighted by Crippen LogP contribution is 2.28. The van der Waals surface area contributed by atoms with E-state index in [0.29, 0.717) is 19.6 Å². The topological polar surface area (TPSA) is 56.8 Å². The predicted molar refractivity (Wildman–Crippen MR) is 151 cm³/mol. The van der Waals surface area contributed by atoms with E-state index in [0.717, 1.165) is 37.0 Å². The van der Waals surface area contributed by atoms with Gasteiger partial charge < -0.3 is 14.2 Å². The summed E-state index contributed by atoms with van der Waals surface area (Å²) in [6, 6.07) is 28.4. The summed E-state index contributed by atoms with van der Waals surface area (Å²) < 4.78 is 18.2. The third-order valence-corrected chi connectivity index (χ3v) is 6.74. The van der Waals surface area contributed by atoms with Gasteiger partial charge in [0.05, 0.1) is 13.2 Å². The molecule has 2 unspecified atom stereocenters. The minimum Gasteiger partial charge on any atom is -0.493 e. The molecule has 3 aromatic rings. The van der Waals surface area contributed by atoms with Crippen LogP contribution in [0.3, 0.4) is 0 Å². The lowest BCUT2D eigenvalue weighted by Gasteiger charge is -2.25. The monoisotopic (exact) mass is 515 g/mol. The smallest absolute Gasteiger partial charge is 0.324 e. The highest BCUT2D eigenvalue weighted by atomic mass is 16.6. The second-order valence-electron chi connectivity index (χ2n) is 11.1. The molecule has 0 saturated carbocycles. The normalized spacial score (nSPS) is 19.3. The van der Waals surface area contributed by atoms with Gasteiger partial charge in [-0.05, 0) is 75.6 Å². The van der Waals surface area contributed by atoms with Crippen molar-refractivity contribution in [3.8, 4) is 5.75 Å². The number of aryl methyl sites for hydroxylation is 2. The zero-order valence-corrected chi connectivity index (χ0v) is 22.9. The quantitative estimate of drug-likeness (QED) is 0.221. The maximum absolute atomic E-state index is 13.1. The van der Waals surface area contributed by atoms with Crippen LogP contribution < -0.4 is 10.1 Å². The van der Waals surface area contributed by atoms with Gasteiger partial charge in [0.25, 0.3) is 0 Å². The zero-order valence-electron chi connectivity index (χ0n) is 22.9. The van der Waals surface area contributed by atoms with Crippen LogP contribution in [-0.2, 0) is 33.7 Å². The molecule has 0 bridgehead atoms. The Morgan fingerprint density at radius 2 is 1.47 bits per heavy atom. The molecule has 1 aliphatic rings. The van der Waals surface area contributed by atoms with Crippen LogP contribution in [0.15, 0.2) is 84.9 Å². The van der Waals surface area contributed by atoms with Crippen LogP contribution in [0.2, 0.25) is 0 Å². The first kappa shape index (κ1) is 27.9. The summed E-state index contributed by atoms with van der Waals surface area (Å²) in [5.74, 6) is 0.576. The summed E-state index contributed by atoms with van der Waals surface area (Å²) in [6.45, 7) is 6.58. The Morgan fingerprint density at radius 3 is 2.18 bits per heavy atom. The maximum Gasteiger partial charge on any atom is 0.324 e. The number of esters is 1. The maximum atomic E-state index is 13.1. The van der Waals surface area contributed by atoms with E-state index in [2.05, 4.69) is 47.8 Å². The lowest BCUT2D eigenvalue weighted by atomic mass is 10.0. The number of rotatable bonds is 12. The standard InChI is InChI=1S/C33H41NO4/c1-33(2,3)38-32(35)31-28(22-30(34-31)37-23-26-17-8-5-9-18-26)24-36-29-21-13-12-20-27(29)19-11-10-16-25-14-6-4-7-15-25/h4-9,12-15,17-18,20-21,28,30-31,34H,10-11,16,19,22-24H2,1-3H3/t28?,30-,31?/m1/s1. The SMILES string of the molecule is CC(C)(C)OC(=O)C1N[C@H](OCc2ccccc2)CC1COc1ccccc1CCCCc1ccccc1. The molecule has 0 amide bonds. The molecule has 0 aromatic heterocycles. The van der Waals surface area contributed by atoms with Gasteiger partial charge in [-0.1, -0.05) is 78.9 Å². The van der Waals surface area contributed by atoms with E-state index in [1.54, 1.807) is 0 Å². The fraction of sp³-hybridized carbons (Fsp3) is 0.424. The molecule has 1 fully saturated rings. The molecule has 4 rings (SSSR count). The van der Waals surface area contributed by atoms with Gasteiger partial charge in [0.2, 0.25) is 0 Å². The van der Waals surface area contributed by atoms with Crippen molar-refractivity contribution in [1.29, 1.82) is 0 Å². The molecular formula is C33H41NO4. The zero-order chi connectivity index (χ0) is 26.8. The van der Waals surface area contributed by atoms with E-state index in [4.69, 9.17) is 14.2 Å². The molecule has 0 aliphatic carbocycles. The minimum absolute atomic E-state index is 0.0586. The van der Waals surface area contributed by atoms with Crippen LogP contribution in [0.4, 0.5) is 0 Å². The van der Waals surface area contributed by atoms with Crippen LogP contribution >= 0.6 is 0 Å². The number of unbranched alkanes of at least 4 members (excludes halogenated alkanes) is 1. The van der Waals surface area contributed by atoms with Crippen LogP contribution in [0.1, 0.15) is 56.7 Å². The molecule has 1 heterocycles. The fourth-order valence-electron chi connectivity index (χ4n) is 4.83. The van der Waals surface area contributed by atoms with Crippen molar-refractivity contribution >= 4 is 5.97 Å². The van der Waals surface area contributed by atoms with Crippen LogP contribution in [0.25, 0.3) is 0 Å². The molecule has 1 N–H and O–H groups in total. The van der Waals surface area contributed by atoms with E-state index < -0.39 is 11.6 Å². The van der Waals surface area contributed by atoms with Crippen molar-refractivity contribution in [2.24, 2.45) is 5.92 Å². The van der Waals surface area contributed by atoms with Crippen molar-refractivity contribution in [2.45, 2.75) is 77.4 Å². The molecule has 3 aromatic carbocycles. The number of para-hydroxylation sites is 1. The first-order valence-electron chi connectivity index (χ1n) is 13.8. The van der Waals surface area contributed by atoms with Gasteiger partial charge in [-0.2, -0.15) is 0 Å². The second kappa shape index (κ2) is 13.6. The third-order valence-electron chi connectivity index (χ3n) is 6.74.